The van der Waals surface area contributed by atoms with Crippen LogP contribution in [-0.4, -0.2) is 17.3 Å². The largest absolute Gasteiger partial charge is 0.539 e. The van der Waals surface area contributed by atoms with E-state index in [1.54, 1.807) is 0 Å². The molecule has 6 aromatic carbocycles. The van der Waals surface area contributed by atoms with Gasteiger partial charge in [-0.3, -0.25) is 0 Å². The quantitative estimate of drug-likeness (QED) is 0.210. The fraction of sp³-hybridized carbons (Fsp3) is 0. The molecule has 196 valence electrons. The summed E-state index contributed by atoms with van der Waals surface area (Å²) in [6.07, 6.45) is 0. The zero-order chi connectivity index (χ0) is 27.6. The number of anilines is 3. The lowest BCUT2D eigenvalue weighted by Gasteiger charge is -2.25. The molecule has 0 aliphatic rings. The van der Waals surface area contributed by atoms with E-state index >= 15 is 0 Å². The SMILES string of the molecule is OBOc1ccc(N(c2ccccc2)c2ccc(-c3ccc4c(c3)c3ccccc3n4-c3ccccc3)cc2)cc1. The summed E-state index contributed by atoms with van der Waals surface area (Å²) in [5.41, 5.74) is 9.02. The zero-order valence-electron chi connectivity index (χ0n) is 22.4. The van der Waals surface area contributed by atoms with Gasteiger partial charge in [0.25, 0.3) is 0 Å². The maximum Gasteiger partial charge on any atom is 0.504 e. The summed E-state index contributed by atoms with van der Waals surface area (Å²) >= 11 is 0. The van der Waals surface area contributed by atoms with E-state index in [1.807, 2.05) is 42.5 Å². The maximum absolute atomic E-state index is 9.10. The molecule has 0 aliphatic heterocycles. The van der Waals surface area contributed by atoms with Crippen LogP contribution >= 0.6 is 0 Å². The predicted molar refractivity (Wildman–Crippen MR) is 171 cm³/mol. The summed E-state index contributed by atoms with van der Waals surface area (Å²) < 4.78 is 7.58. The highest BCUT2D eigenvalue weighted by Gasteiger charge is 2.15. The molecule has 0 aliphatic carbocycles. The molecule has 0 radical (unpaired) electrons. The van der Waals surface area contributed by atoms with Crippen molar-refractivity contribution in [3.05, 3.63) is 152 Å². The van der Waals surface area contributed by atoms with Crippen molar-refractivity contribution in [2.75, 3.05) is 4.90 Å². The van der Waals surface area contributed by atoms with Gasteiger partial charge in [-0.15, -0.1) is 0 Å². The third-order valence-corrected chi connectivity index (χ3v) is 7.49. The van der Waals surface area contributed by atoms with E-state index in [0.717, 1.165) is 28.3 Å². The third-order valence-electron chi connectivity index (χ3n) is 7.49. The molecule has 1 N–H and O–H groups in total. The van der Waals surface area contributed by atoms with Crippen LogP contribution in [-0.2, 0) is 0 Å². The topological polar surface area (TPSA) is 37.6 Å². The van der Waals surface area contributed by atoms with Crippen molar-refractivity contribution in [3.8, 4) is 22.6 Å². The van der Waals surface area contributed by atoms with Gasteiger partial charge >= 0.3 is 7.69 Å². The first-order valence-corrected chi connectivity index (χ1v) is 13.7. The van der Waals surface area contributed by atoms with E-state index in [0.29, 0.717) is 5.75 Å². The molecule has 41 heavy (non-hydrogen) atoms. The van der Waals surface area contributed by atoms with Gasteiger partial charge in [-0.2, -0.15) is 0 Å². The minimum absolute atomic E-state index is 0.345. The van der Waals surface area contributed by atoms with Crippen LogP contribution in [0, 0.1) is 0 Å². The molecular formula is C36H27BN2O2. The van der Waals surface area contributed by atoms with Crippen LogP contribution in [0.1, 0.15) is 0 Å². The molecule has 0 bridgehead atoms. The molecule has 0 unspecified atom stereocenters. The average molecular weight is 530 g/mol. The van der Waals surface area contributed by atoms with Gasteiger partial charge in [-0.25, -0.2) is 0 Å². The van der Waals surface area contributed by atoms with Gasteiger partial charge in [0.1, 0.15) is 5.75 Å². The van der Waals surface area contributed by atoms with E-state index in [1.165, 1.54) is 27.4 Å². The van der Waals surface area contributed by atoms with E-state index in [4.69, 9.17) is 9.68 Å². The highest BCUT2D eigenvalue weighted by molar-refractivity contribution is 6.17. The summed E-state index contributed by atoms with van der Waals surface area (Å²) in [6.45, 7) is 0. The maximum atomic E-state index is 9.10. The van der Waals surface area contributed by atoms with Crippen molar-refractivity contribution in [2.24, 2.45) is 0 Å². The van der Waals surface area contributed by atoms with Gasteiger partial charge in [0.2, 0.25) is 0 Å². The van der Waals surface area contributed by atoms with E-state index in [-0.39, 0.29) is 7.69 Å². The Balaban J connectivity index is 1.29. The van der Waals surface area contributed by atoms with Crippen molar-refractivity contribution in [3.63, 3.8) is 0 Å². The summed E-state index contributed by atoms with van der Waals surface area (Å²) in [6, 6.07) is 52.7. The standard InChI is InChI=1S/C36H27BN2O2/c40-37-41-32-22-20-31(21-23-32)38(28-9-3-1-4-10-28)30-18-15-26(16-19-30)27-17-24-36-34(25-27)33-13-7-8-14-35(33)39(36)29-11-5-2-6-12-29/h1-25,37,40H. The van der Waals surface area contributed by atoms with Gasteiger partial charge in [-0.1, -0.05) is 72.8 Å². The fourth-order valence-electron chi connectivity index (χ4n) is 5.60. The van der Waals surface area contributed by atoms with Gasteiger partial charge < -0.3 is 19.1 Å². The van der Waals surface area contributed by atoms with Crippen molar-refractivity contribution in [1.29, 1.82) is 0 Å². The number of hydrogen-bond donors (Lipinski definition) is 1. The first-order chi connectivity index (χ1) is 20.3. The van der Waals surface area contributed by atoms with Gasteiger partial charge in [-0.05, 0) is 90.0 Å². The number of nitrogens with zero attached hydrogens (tertiary/aromatic N) is 2. The Morgan fingerprint density at radius 3 is 1.78 bits per heavy atom. The number of fused-ring (bicyclic) bond motifs is 3. The Hall–Kier alpha value is -5.26. The molecule has 1 aromatic heterocycles. The lowest BCUT2D eigenvalue weighted by molar-refractivity contribution is 0.454. The lowest BCUT2D eigenvalue weighted by atomic mass is 10.0. The Morgan fingerprint density at radius 1 is 0.512 bits per heavy atom. The van der Waals surface area contributed by atoms with Crippen molar-refractivity contribution >= 4 is 46.6 Å². The lowest BCUT2D eigenvalue weighted by Crippen LogP contribution is -2.09. The third kappa shape index (κ3) is 4.63. The molecule has 0 amide bonds. The van der Waals surface area contributed by atoms with E-state index < -0.39 is 0 Å². The molecule has 0 saturated carbocycles. The summed E-state index contributed by atoms with van der Waals surface area (Å²) in [4.78, 5) is 2.21. The summed E-state index contributed by atoms with van der Waals surface area (Å²) in [5, 5.41) is 11.6. The number of aromatic nitrogens is 1. The van der Waals surface area contributed by atoms with E-state index in [2.05, 4.69) is 119 Å². The van der Waals surface area contributed by atoms with Crippen molar-refractivity contribution < 1.29 is 9.68 Å². The second kappa shape index (κ2) is 10.7. The molecule has 7 aromatic rings. The molecule has 1 heterocycles. The molecule has 7 rings (SSSR count). The van der Waals surface area contributed by atoms with Crippen LogP contribution in [0.25, 0.3) is 38.6 Å². The van der Waals surface area contributed by atoms with Crippen molar-refractivity contribution in [1.82, 2.24) is 4.57 Å². The number of para-hydroxylation sites is 3. The molecule has 0 atom stereocenters. The second-order valence-electron chi connectivity index (χ2n) is 9.91. The molecule has 0 fully saturated rings. The van der Waals surface area contributed by atoms with Crippen LogP contribution < -0.4 is 9.55 Å². The van der Waals surface area contributed by atoms with Crippen LogP contribution in [0.5, 0.6) is 5.75 Å². The number of hydrogen-bond acceptors (Lipinski definition) is 3. The Bertz CT molecular complexity index is 1930. The van der Waals surface area contributed by atoms with Gasteiger partial charge in [0.15, 0.2) is 0 Å². The molecule has 0 saturated heterocycles. The second-order valence-corrected chi connectivity index (χ2v) is 9.91. The Labute approximate surface area is 239 Å². The highest BCUT2D eigenvalue weighted by Crippen LogP contribution is 2.38. The molecule has 4 nitrogen and oxygen atoms in total. The van der Waals surface area contributed by atoms with Crippen LogP contribution in [0.4, 0.5) is 17.1 Å². The monoisotopic (exact) mass is 530 g/mol. The average Bonchev–Trinajstić information content (AvgIpc) is 3.37. The van der Waals surface area contributed by atoms with Gasteiger partial charge in [0.05, 0.1) is 11.0 Å². The summed E-state index contributed by atoms with van der Waals surface area (Å²) in [5.74, 6) is 0.628. The number of benzene rings is 6. The predicted octanol–water partition coefficient (Wildman–Crippen LogP) is 8.56. The zero-order valence-corrected chi connectivity index (χ0v) is 22.4. The normalized spacial score (nSPS) is 11.0. The van der Waals surface area contributed by atoms with E-state index in [9.17, 15) is 0 Å². The smallest absolute Gasteiger partial charge is 0.504 e. The van der Waals surface area contributed by atoms with Crippen molar-refractivity contribution in [2.45, 2.75) is 0 Å². The minimum Gasteiger partial charge on any atom is -0.539 e. The highest BCUT2D eigenvalue weighted by atomic mass is 16.5. The fourth-order valence-corrected chi connectivity index (χ4v) is 5.60. The Kier molecular flexibility index (Phi) is 6.48. The molecule has 5 heteroatoms. The minimum atomic E-state index is -0.345. The molecular weight excluding hydrogens is 503 g/mol. The first-order valence-electron chi connectivity index (χ1n) is 13.7. The number of rotatable bonds is 7. The molecule has 0 spiro atoms. The van der Waals surface area contributed by atoms with Gasteiger partial charge in [0, 0.05) is 33.5 Å². The summed E-state index contributed by atoms with van der Waals surface area (Å²) in [7, 11) is -0.345. The Morgan fingerprint density at radius 2 is 1.07 bits per heavy atom. The van der Waals surface area contributed by atoms with Crippen LogP contribution in [0.3, 0.4) is 0 Å². The first kappa shape index (κ1) is 24.8. The van der Waals surface area contributed by atoms with Crippen LogP contribution in [0.15, 0.2) is 152 Å². The van der Waals surface area contributed by atoms with Crippen LogP contribution in [0.2, 0.25) is 0 Å².